The molecule has 3 amide bonds. The number of amides is 3. The third-order valence-electron chi connectivity index (χ3n) is 5.80. The zero-order valence-corrected chi connectivity index (χ0v) is 17.7. The fourth-order valence-electron chi connectivity index (χ4n) is 4.09. The Hall–Kier alpha value is -2.57. The number of methoxy groups -OCH3 is 1. The molecule has 2 aliphatic rings. The lowest BCUT2D eigenvalue weighted by atomic mass is 9.94. The molecule has 1 aromatic rings. The van der Waals surface area contributed by atoms with Crippen LogP contribution in [0.4, 0.5) is 5.69 Å². The molecule has 158 valence electrons. The van der Waals surface area contributed by atoms with E-state index in [2.05, 4.69) is 5.32 Å². The summed E-state index contributed by atoms with van der Waals surface area (Å²) in [6, 6.07) is 7.28. The van der Waals surface area contributed by atoms with Crippen LogP contribution in [0.25, 0.3) is 0 Å². The van der Waals surface area contributed by atoms with E-state index in [1.165, 1.54) is 0 Å². The predicted molar refractivity (Wildman–Crippen MR) is 111 cm³/mol. The molecule has 29 heavy (non-hydrogen) atoms. The number of hydrogen-bond donors (Lipinski definition) is 1. The molecule has 2 heterocycles. The van der Waals surface area contributed by atoms with E-state index in [-0.39, 0.29) is 41.5 Å². The summed E-state index contributed by atoms with van der Waals surface area (Å²) in [7, 11) is 1.59. The standard InChI is InChI=1S/C22H31N3O4/c1-22(2,3)25-14-16(12-19(25)26)21(28)24-10-8-15(9-11-24)20(27)23-17-6-5-7-18(13-17)29-4/h5-7,13,15-16H,8-12,14H2,1-4H3,(H,23,27). The number of rotatable bonds is 4. The van der Waals surface area contributed by atoms with Gasteiger partial charge in [0.2, 0.25) is 17.7 Å². The van der Waals surface area contributed by atoms with Crippen molar-refractivity contribution >= 4 is 23.4 Å². The molecule has 0 spiro atoms. The maximum Gasteiger partial charge on any atom is 0.227 e. The Labute approximate surface area is 172 Å². The summed E-state index contributed by atoms with van der Waals surface area (Å²) in [5.41, 5.74) is 0.441. The zero-order valence-electron chi connectivity index (χ0n) is 17.7. The third-order valence-corrected chi connectivity index (χ3v) is 5.80. The van der Waals surface area contributed by atoms with Crippen molar-refractivity contribution < 1.29 is 19.1 Å². The molecule has 2 aliphatic heterocycles. The molecule has 1 atom stereocenters. The summed E-state index contributed by atoms with van der Waals surface area (Å²) in [5.74, 6) is 0.351. The van der Waals surface area contributed by atoms with E-state index in [9.17, 15) is 14.4 Å². The van der Waals surface area contributed by atoms with Gasteiger partial charge in [-0.1, -0.05) is 6.07 Å². The lowest BCUT2D eigenvalue weighted by molar-refractivity contribution is -0.138. The summed E-state index contributed by atoms with van der Waals surface area (Å²) in [6.07, 6.45) is 1.54. The van der Waals surface area contributed by atoms with Crippen LogP contribution in [0.1, 0.15) is 40.0 Å². The smallest absolute Gasteiger partial charge is 0.227 e. The van der Waals surface area contributed by atoms with E-state index < -0.39 is 0 Å². The number of nitrogens with zero attached hydrogens (tertiary/aromatic N) is 2. The van der Waals surface area contributed by atoms with Crippen LogP contribution >= 0.6 is 0 Å². The van der Waals surface area contributed by atoms with Crippen molar-refractivity contribution in [2.75, 3.05) is 32.1 Å². The predicted octanol–water partition coefficient (Wildman–Crippen LogP) is 2.52. The highest BCUT2D eigenvalue weighted by Gasteiger charge is 2.41. The number of piperidine rings is 1. The Morgan fingerprint density at radius 2 is 1.83 bits per heavy atom. The highest BCUT2D eigenvalue weighted by molar-refractivity contribution is 5.93. The summed E-state index contributed by atoms with van der Waals surface area (Å²) in [6.45, 7) is 7.56. The number of carbonyl (C=O) groups is 3. The van der Waals surface area contributed by atoms with E-state index in [0.29, 0.717) is 43.9 Å². The lowest BCUT2D eigenvalue weighted by Crippen LogP contribution is -2.46. The summed E-state index contributed by atoms with van der Waals surface area (Å²) in [4.78, 5) is 41.4. The largest absolute Gasteiger partial charge is 0.497 e. The zero-order chi connectivity index (χ0) is 21.2. The fraction of sp³-hybridized carbons (Fsp3) is 0.591. The van der Waals surface area contributed by atoms with E-state index in [1.54, 1.807) is 18.1 Å². The second-order valence-electron chi connectivity index (χ2n) is 8.90. The van der Waals surface area contributed by atoms with E-state index in [4.69, 9.17) is 4.74 Å². The molecule has 7 heteroatoms. The van der Waals surface area contributed by atoms with Gasteiger partial charge in [-0.15, -0.1) is 0 Å². The molecule has 0 aromatic heterocycles. The van der Waals surface area contributed by atoms with Crippen molar-refractivity contribution in [3.63, 3.8) is 0 Å². The monoisotopic (exact) mass is 401 g/mol. The highest BCUT2D eigenvalue weighted by Crippen LogP contribution is 2.29. The average molecular weight is 402 g/mol. The Morgan fingerprint density at radius 3 is 2.41 bits per heavy atom. The Morgan fingerprint density at radius 1 is 1.14 bits per heavy atom. The van der Waals surface area contributed by atoms with Crippen LogP contribution < -0.4 is 10.1 Å². The molecule has 0 bridgehead atoms. The maximum absolute atomic E-state index is 12.9. The third kappa shape index (κ3) is 4.89. The van der Waals surface area contributed by atoms with Crippen molar-refractivity contribution in [1.29, 1.82) is 0 Å². The number of carbonyl (C=O) groups excluding carboxylic acids is 3. The van der Waals surface area contributed by atoms with Crippen molar-refractivity contribution in [3.05, 3.63) is 24.3 Å². The van der Waals surface area contributed by atoms with Gasteiger partial charge >= 0.3 is 0 Å². The van der Waals surface area contributed by atoms with Gasteiger partial charge < -0.3 is 19.9 Å². The molecule has 2 fully saturated rings. The van der Waals surface area contributed by atoms with Crippen LogP contribution in [0, 0.1) is 11.8 Å². The second kappa shape index (κ2) is 8.43. The topological polar surface area (TPSA) is 79.0 Å². The minimum Gasteiger partial charge on any atom is -0.497 e. The molecule has 1 N–H and O–H groups in total. The first-order valence-corrected chi connectivity index (χ1v) is 10.2. The van der Waals surface area contributed by atoms with E-state index in [0.717, 1.165) is 0 Å². The quantitative estimate of drug-likeness (QED) is 0.841. The van der Waals surface area contributed by atoms with Gasteiger partial charge in [0.25, 0.3) is 0 Å². The number of nitrogens with one attached hydrogen (secondary N) is 1. The van der Waals surface area contributed by atoms with Gasteiger partial charge in [-0.25, -0.2) is 0 Å². The number of ether oxygens (including phenoxy) is 1. The van der Waals surface area contributed by atoms with Crippen LogP contribution in [-0.4, -0.2) is 59.8 Å². The summed E-state index contributed by atoms with van der Waals surface area (Å²) >= 11 is 0. The number of benzene rings is 1. The van der Waals surface area contributed by atoms with Gasteiger partial charge in [-0.3, -0.25) is 14.4 Å². The number of anilines is 1. The van der Waals surface area contributed by atoms with Gasteiger partial charge in [0.05, 0.1) is 13.0 Å². The van der Waals surface area contributed by atoms with Crippen LogP contribution in [0.2, 0.25) is 0 Å². The normalized spacial score (nSPS) is 20.7. The van der Waals surface area contributed by atoms with E-state index >= 15 is 0 Å². The van der Waals surface area contributed by atoms with Crippen LogP contribution in [0.15, 0.2) is 24.3 Å². The molecular weight excluding hydrogens is 370 g/mol. The average Bonchev–Trinajstić information content (AvgIpc) is 3.10. The number of likely N-dealkylation sites (tertiary alicyclic amines) is 2. The first-order chi connectivity index (χ1) is 13.7. The molecule has 3 rings (SSSR count). The Balaban J connectivity index is 1.51. The van der Waals surface area contributed by atoms with Crippen LogP contribution in [0.3, 0.4) is 0 Å². The highest BCUT2D eigenvalue weighted by atomic mass is 16.5. The molecule has 2 saturated heterocycles. The summed E-state index contributed by atoms with van der Waals surface area (Å²) in [5, 5.41) is 2.94. The van der Waals surface area contributed by atoms with Crippen molar-refractivity contribution in [2.45, 2.75) is 45.6 Å². The summed E-state index contributed by atoms with van der Waals surface area (Å²) < 4.78 is 5.18. The fourth-order valence-corrected chi connectivity index (χ4v) is 4.09. The molecule has 1 unspecified atom stereocenters. The first-order valence-electron chi connectivity index (χ1n) is 10.2. The van der Waals surface area contributed by atoms with Gasteiger partial charge in [-0.05, 0) is 45.7 Å². The minimum absolute atomic E-state index is 0.0275. The van der Waals surface area contributed by atoms with E-state index in [1.807, 2.05) is 43.9 Å². The molecule has 7 nitrogen and oxygen atoms in total. The molecule has 0 aliphatic carbocycles. The minimum atomic E-state index is -0.274. The molecule has 0 saturated carbocycles. The molecular formula is C22H31N3O4. The maximum atomic E-state index is 12.9. The van der Waals surface area contributed by atoms with Crippen molar-refractivity contribution in [3.8, 4) is 5.75 Å². The molecule has 1 aromatic carbocycles. The van der Waals surface area contributed by atoms with Crippen molar-refractivity contribution in [2.24, 2.45) is 11.8 Å². The number of hydrogen-bond acceptors (Lipinski definition) is 4. The van der Waals surface area contributed by atoms with Gasteiger partial charge in [0, 0.05) is 49.3 Å². The van der Waals surface area contributed by atoms with Crippen LogP contribution in [0.5, 0.6) is 5.75 Å². The second-order valence-corrected chi connectivity index (χ2v) is 8.90. The van der Waals surface area contributed by atoms with Crippen molar-refractivity contribution in [1.82, 2.24) is 9.80 Å². The van der Waals surface area contributed by atoms with Gasteiger partial charge in [-0.2, -0.15) is 0 Å². The lowest BCUT2D eigenvalue weighted by Gasteiger charge is -2.34. The van der Waals surface area contributed by atoms with Gasteiger partial charge in [0.15, 0.2) is 0 Å². The van der Waals surface area contributed by atoms with Gasteiger partial charge in [0.1, 0.15) is 5.75 Å². The Bertz CT molecular complexity index is 779. The van der Waals surface area contributed by atoms with Crippen LogP contribution in [-0.2, 0) is 14.4 Å². The first kappa shape index (κ1) is 21.1. The Kier molecular flexibility index (Phi) is 6.15. The molecule has 0 radical (unpaired) electrons. The SMILES string of the molecule is COc1cccc(NC(=O)C2CCN(C(=O)C3CC(=O)N(C(C)(C)C)C3)CC2)c1.